The third-order valence-electron chi connectivity index (χ3n) is 3.84. The molecule has 0 atom stereocenters. The molecule has 0 saturated heterocycles. The molecule has 132 valence electrons. The largest absolute Gasteiger partial charge is 0.311 e. The highest BCUT2D eigenvalue weighted by Gasteiger charge is 2.31. The Morgan fingerprint density at radius 2 is 1.96 bits per heavy atom. The average molecular weight is 431 g/mol. The highest BCUT2D eigenvalue weighted by Crippen LogP contribution is 2.38. The van der Waals surface area contributed by atoms with Gasteiger partial charge < -0.3 is 4.90 Å². The van der Waals surface area contributed by atoms with Crippen LogP contribution in [0.15, 0.2) is 39.7 Å². The number of carbonyl (C=O) groups excluding carboxylic acids is 1. The molecule has 1 N–H and O–H groups in total. The third kappa shape index (κ3) is 3.38. The van der Waals surface area contributed by atoms with E-state index in [1.54, 1.807) is 6.07 Å². The van der Waals surface area contributed by atoms with Crippen molar-refractivity contribution in [1.82, 2.24) is 0 Å². The van der Waals surface area contributed by atoms with Crippen molar-refractivity contribution in [3.63, 3.8) is 0 Å². The SMILES string of the molecule is CC(=O)N1CCc2cc(Br)cc(S(=O)(=O)Nc3cc(F)ccc3F)c21. The minimum absolute atomic E-state index is 0.173. The van der Waals surface area contributed by atoms with E-state index in [0.29, 0.717) is 23.0 Å². The number of sulfonamides is 1. The highest BCUT2D eigenvalue weighted by atomic mass is 79.9. The summed E-state index contributed by atoms with van der Waals surface area (Å²) in [5, 5.41) is 0. The van der Waals surface area contributed by atoms with Crippen LogP contribution in [0.4, 0.5) is 20.2 Å². The molecule has 0 unspecified atom stereocenters. The first-order chi connectivity index (χ1) is 11.7. The zero-order chi connectivity index (χ0) is 18.4. The van der Waals surface area contributed by atoms with Crippen molar-refractivity contribution >= 4 is 43.2 Å². The molecule has 0 radical (unpaired) electrons. The molecular weight excluding hydrogens is 418 g/mol. The lowest BCUT2D eigenvalue weighted by Crippen LogP contribution is -2.28. The van der Waals surface area contributed by atoms with E-state index in [4.69, 9.17) is 0 Å². The van der Waals surface area contributed by atoms with Gasteiger partial charge in [0, 0.05) is 24.0 Å². The van der Waals surface area contributed by atoms with Gasteiger partial charge in [0.1, 0.15) is 16.5 Å². The summed E-state index contributed by atoms with van der Waals surface area (Å²) >= 11 is 3.25. The van der Waals surface area contributed by atoms with Gasteiger partial charge in [0.2, 0.25) is 5.91 Å². The molecule has 1 aliphatic rings. The molecule has 0 aromatic heterocycles. The second-order valence-corrected chi connectivity index (χ2v) is 8.13. The summed E-state index contributed by atoms with van der Waals surface area (Å²) < 4.78 is 55.3. The number of nitrogens with zero attached hydrogens (tertiary/aromatic N) is 1. The van der Waals surface area contributed by atoms with Gasteiger partial charge in [-0.15, -0.1) is 0 Å². The van der Waals surface area contributed by atoms with Crippen LogP contribution in [0.25, 0.3) is 0 Å². The van der Waals surface area contributed by atoms with E-state index in [9.17, 15) is 22.0 Å². The monoisotopic (exact) mass is 430 g/mol. The summed E-state index contributed by atoms with van der Waals surface area (Å²) in [6.07, 6.45) is 0.505. The maximum atomic E-state index is 13.8. The molecule has 0 bridgehead atoms. The fraction of sp³-hybridized carbons (Fsp3) is 0.188. The van der Waals surface area contributed by atoms with Crippen molar-refractivity contribution in [2.45, 2.75) is 18.2 Å². The predicted octanol–water partition coefficient (Wildman–Crippen LogP) is 3.44. The number of fused-ring (bicyclic) bond motifs is 1. The standard InChI is InChI=1S/C16H13BrF2N2O3S/c1-9(22)21-5-4-10-6-11(17)7-15(16(10)21)25(23,24)20-14-8-12(18)2-3-13(14)19/h2-3,6-8,20H,4-5H2,1H3. The number of anilines is 2. The van der Waals surface area contributed by atoms with E-state index in [0.717, 1.165) is 18.2 Å². The van der Waals surface area contributed by atoms with Crippen LogP contribution in [-0.4, -0.2) is 20.9 Å². The normalized spacial score (nSPS) is 13.7. The Bertz CT molecular complexity index is 980. The molecule has 3 rings (SSSR count). The number of carbonyl (C=O) groups is 1. The molecule has 0 spiro atoms. The Morgan fingerprint density at radius 1 is 1.24 bits per heavy atom. The van der Waals surface area contributed by atoms with E-state index >= 15 is 0 Å². The number of rotatable bonds is 3. The molecule has 1 heterocycles. The molecule has 1 amide bonds. The molecule has 5 nitrogen and oxygen atoms in total. The topological polar surface area (TPSA) is 66.5 Å². The Balaban J connectivity index is 2.12. The molecule has 25 heavy (non-hydrogen) atoms. The van der Waals surface area contributed by atoms with E-state index in [-0.39, 0.29) is 16.5 Å². The number of nitrogens with one attached hydrogen (secondary N) is 1. The summed E-state index contributed by atoms with van der Waals surface area (Å²) in [6, 6.07) is 5.55. The Labute approximate surface area is 151 Å². The van der Waals surface area contributed by atoms with Crippen molar-refractivity contribution in [3.8, 4) is 0 Å². The van der Waals surface area contributed by atoms with Crippen LogP contribution in [0.5, 0.6) is 0 Å². The van der Waals surface area contributed by atoms with Gasteiger partial charge in [0.05, 0.1) is 11.4 Å². The smallest absolute Gasteiger partial charge is 0.264 e. The van der Waals surface area contributed by atoms with Gasteiger partial charge >= 0.3 is 0 Å². The molecule has 0 aliphatic carbocycles. The molecular formula is C16H13BrF2N2O3S. The first-order valence-corrected chi connectivity index (χ1v) is 9.55. The Morgan fingerprint density at radius 3 is 2.64 bits per heavy atom. The maximum Gasteiger partial charge on any atom is 0.264 e. The molecule has 0 fully saturated rings. The van der Waals surface area contributed by atoms with Crippen molar-refractivity contribution in [2.75, 3.05) is 16.2 Å². The van der Waals surface area contributed by atoms with E-state index in [2.05, 4.69) is 20.7 Å². The fourth-order valence-corrected chi connectivity index (χ4v) is 4.76. The number of hydrogen-bond acceptors (Lipinski definition) is 3. The summed E-state index contributed by atoms with van der Waals surface area (Å²) in [7, 11) is -4.25. The summed E-state index contributed by atoms with van der Waals surface area (Å²) in [4.78, 5) is 13.0. The van der Waals surface area contributed by atoms with Crippen molar-refractivity contribution in [2.24, 2.45) is 0 Å². The van der Waals surface area contributed by atoms with Crippen molar-refractivity contribution in [1.29, 1.82) is 0 Å². The van der Waals surface area contributed by atoms with Gasteiger partial charge in [-0.1, -0.05) is 15.9 Å². The van der Waals surface area contributed by atoms with Crippen LogP contribution >= 0.6 is 15.9 Å². The minimum Gasteiger partial charge on any atom is -0.311 e. The lowest BCUT2D eigenvalue weighted by atomic mass is 10.2. The van der Waals surface area contributed by atoms with Crippen molar-refractivity contribution < 1.29 is 22.0 Å². The van der Waals surface area contributed by atoms with Crippen LogP contribution in [0.1, 0.15) is 12.5 Å². The lowest BCUT2D eigenvalue weighted by molar-refractivity contribution is -0.116. The zero-order valence-electron chi connectivity index (χ0n) is 13.0. The van der Waals surface area contributed by atoms with E-state index < -0.39 is 27.3 Å². The molecule has 9 heteroatoms. The second kappa shape index (κ2) is 6.38. The van der Waals surface area contributed by atoms with E-state index in [1.165, 1.54) is 17.9 Å². The average Bonchev–Trinajstić information content (AvgIpc) is 2.93. The molecule has 2 aromatic rings. The van der Waals surface area contributed by atoms with Crippen LogP contribution in [0.3, 0.4) is 0 Å². The fourth-order valence-electron chi connectivity index (χ4n) is 2.76. The highest BCUT2D eigenvalue weighted by molar-refractivity contribution is 9.10. The molecule has 1 aliphatic heterocycles. The van der Waals surface area contributed by atoms with Gasteiger partial charge in [-0.2, -0.15) is 0 Å². The maximum absolute atomic E-state index is 13.8. The zero-order valence-corrected chi connectivity index (χ0v) is 15.4. The lowest BCUT2D eigenvalue weighted by Gasteiger charge is -2.19. The van der Waals surface area contributed by atoms with Crippen molar-refractivity contribution in [3.05, 3.63) is 52.0 Å². The molecule has 0 saturated carbocycles. The van der Waals surface area contributed by atoms with E-state index in [1.807, 2.05) is 0 Å². The van der Waals surface area contributed by atoms with Crippen LogP contribution in [-0.2, 0) is 21.2 Å². The summed E-state index contributed by atoms with van der Waals surface area (Å²) in [5.74, 6) is -1.97. The van der Waals surface area contributed by atoms with Gasteiger partial charge in [0.15, 0.2) is 0 Å². The van der Waals surface area contributed by atoms with Gasteiger partial charge in [-0.3, -0.25) is 9.52 Å². The van der Waals surface area contributed by atoms with Crippen LogP contribution in [0.2, 0.25) is 0 Å². The number of benzene rings is 2. The number of amides is 1. The second-order valence-electron chi connectivity index (χ2n) is 5.56. The summed E-state index contributed by atoms with van der Waals surface area (Å²) in [6.45, 7) is 1.70. The first-order valence-electron chi connectivity index (χ1n) is 7.27. The van der Waals surface area contributed by atoms with Gasteiger partial charge in [-0.05, 0) is 36.2 Å². The summed E-state index contributed by atoms with van der Waals surface area (Å²) in [5.41, 5.74) is 0.450. The third-order valence-corrected chi connectivity index (χ3v) is 5.67. The van der Waals surface area contributed by atoms with Gasteiger partial charge in [-0.25, -0.2) is 17.2 Å². The first kappa shape index (κ1) is 17.8. The van der Waals surface area contributed by atoms with Gasteiger partial charge in [0.25, 0.3) is 10.0 Å². The minimum atomic E-state index is -4.25. The predicted molar refractivity (Wildman–Crippen MR) is 93.0 cm³/mol. The number of halogens is 3. The number of hydrogen-bond donors (Lipinski definition) is 1. The molecule has 2 aromatic carbocycles. The van der Waals surface area contributed by atoms with Crippen LogP contribution in [0, 0.1) is 11.6 Å². The Kier molecular flexibility index (Phi) is 4.54. The Hall–Kier alpha value is -2.00. The van der Waals surface area contributed by atoms with Crippen LogP contribution < -0.4 is 9.62 Å². The quantitative estimate of drug-likeness (QED) is 0.810.